The molecule has 0 saturated carbocycles. The first-order valence-corrected chi connectivity index (χ1v) is 8.51. The van der Waals surface area contributed by atoms with E-state index < -0.39 is 5.60 Å². The van der Waals surface area contributed by atoms with Crippen LogP contribution in [-0.2, 0) is 19.4 Å². The molecule has 2 heterocycles. The summed E-state index contributed by atoms with van der Waals surface area (Å²) in [5.74, 6) is 2.30. The van der Waals surface area contributed by atoms with Crippen molar-refractivity contribution in [3.63, 3.8) is 0 Å². The van der Waals surface area contributed by atoms with Gasteiger partial charge in [-0.15, -0.1) is 0 Å². The average molecular weight is 345 g/mol. The number of halogens is 1. The second-order valence-electron chi connectivity index (χ2n) is 7.36. The number of benzene rings is 1. The van der Waals surface area contributed by atoms with Gasteiger partial charge >= 0.3 is 0 Å². The zero-order valence-electron chi connectivity index (χ0n) is 15.0. The molecule has 0 aliphatic heterocycles. The molecule has 0 saturated heterocycles. The largest absolute Gasteiger partial charge is 0.389 e. The van der Waals surface area contributed by atoms with Gasteiger partial charge in [-0.3, -0.25) is 0 Å². The normalized spacial score (nSPS) is 12.4. The van der Waals surface area contributed by atoms with E-state index in [1.165, 1.54) is 12.1 Å². The standard InChI is InChI=1S/C18H24FN5O/c1-11(2)17-22-16(24(23-17)10-18(3,4)25)8-7-15-20-13-6-5-12(19)9-14(13)21-15/h5-6,9,11,25H,7-8,10H2,1-4H3,(H,20,21). The van der Waals surface area contributed by atoms with Crippen LogP contribution in [0.1, 0.15) is 51.1 Å². The molecule has 0 bridgehead atoms. The quantitative estimate of drug-likeness (QED) is 0.720. The van der Waals surface area contributed by atoms with Crippen molar-refractivity contribution < 1.29 is 9.50 Å². The van der Waals surface area contributed by atoms with Gasteiger partial charge in [0.15, 0.2) is 5.82 Å². The van der Waals surface area contributed by atoms with Gasteiger partial charge in [-0.1, -0.05) is 13.8 Å². The summed E-state index contributed by atoms with van der Waals surface area (Å²) in [7, 11) is 0. The van der Waals surface area contributed by atoms with E-state index in [4.69, 9.17) is 0 Å². The number of rotatable bonds is 6. The number of hydrogen-bond acceptors (Lipinski definition) is 4. The van der Waals surface area contributed by atoms with E-state index in [1.54, 1.807) is 24.6 Å². The first-order valence-electron chi connectivity index (χ1n) is 8.51. The lowest BCUT2D eigenvalue weighted by Crippen LogP contribution is -2.28. The maximum Gasteiger partial charge on any atom is 0.153 e. The van der Waals surface area contributed by atoms with Crippen LogP contribution in [0.3, 0.4) is 0 Å². The van der Waals surface area contributed by atoms with Crippen LogP contribution < -0.4 is 0 Å². The van der Waals surface area contributed by atoms with E-state index in [1.807, 2.05) is 13.8 Å². The van der Waals surface area contributed by atoms with Gasteiger partial charge in [0.05, 0.1) is 23.2 Å². The lowest BCUT2D eigenvalue weighted by Gasteiger charge is -2.17. The van der Waals surface area contributed by atoms with E-state index in [0.29, 0.717) is 24.9 Å². The molecule has 0 radical (unpaired) electrons. The van der Waals surface area contributed by atoms with Crippen molar-refractivity contribution in [2.45, 2.75) is 58.6 Å². The Morgan fingerprint density at radius 3 is 2.68 bits per heavy atom. The third-order valence-corrected chi connectivity index (χ3v) is 3.90. The highest BCUT2D eigenvalue weighted by Crippen LogP contribution is 2.17. The molecule has 2 N–H and O–H groups in total. The van der Waals surface area contributed by atoms with Crippen molar-refractivity contribution in [3.8, 4) is 0 Å². The molecular weight excluding hydrogens is 321 g/mol. The fourth-order valence-electron chi connectivity index (χ4n) is 2.70. The number of nitrogens with one attached hydrogen (secondary N) is 1. The number of aromatic nitrogens is 5. The van der Waals surface area contributed by atoms with E-state index in [2.05, 4.69) is 20.1 Å². The van der Waals surface area contributed by atoms with Crippen molar-refractivity contribution in [1.82, 2.24) is 24.7 Å². The first kappa shape index (κ1) is 17.5. The molecule has 0 fully saturated rings. The molecule has 0 atom stereocenters. The highest BCUT2D eigenvalue weighted by molar-refractivity contribution is 5.74. The molecule has 7 heteroatoms. The molecule has 0 amide bonds. The van der Waals surface area contributed by atoms with Crippen molar-refractivity contribution in [2.75, 3.05) is 0 Å². The zero-order valence-corrected chi connectivity index (χ0v) is 15.0. The molecular formula is C18H24FN5O. The summed E-state index contributed by atoms with van der Waals surface area (Å²) in [6.45, 7) is 7.97. The van der Waals surface area contributed by atoms with Gasteiger partial charge < -0.3 is 10.1 Å². The number of fused-ring (bicyclic) bond motifs is 1. The van der Waals surface area contributed by atoms with Gasteiger partial charge in [0.1, 0.15) is 17.5 Å². The van der Waals surface area contributed by atoms with Crippen LogP contribution in [0.2, 0.25) is 0 Å². The van der Waals surface area contributed by atoms with Crippen LogP contribution in [0.15, 0.2) is 18.2 Å². The Morgan fingerprint density at radius 1 is 1.24 bits per heavy atom. The van der Waals surface area contributed by atoms with Crippen molar-refractivity contribution >= 4 is 11.0 Å². The fourth-order valence-corrected chi connectivity index (χ4v) is 2.70. The number of nitrogens with zero attached hydrogens (tertiary/aromatic N) is 4. The third kappa shape index (κ3) is 4.22. The molecule has 0 aliphatic carbocycles. The predicted octanol–water partition coefficient (Wildman–Crippen LogP) is 2.97. The molecule has 1 aromatic carbocycles. The van der Waals surface area contributed by atoms with Gasteiger partial charge in [-0.25, -0.2) is 19.0 Å². The summed E-state index contributed by atoms with van der Waals surface area (Å²) in [6.07, 6.45) is 1.27. The van der Waals surface area contributed by atoms with Crippen molar-refractivity contribution in [1.29, 1.82) is 0 Å². The molecule has 3 aromatic rings. The topological polar surface area (TPSA) is 79.6 Å². The Labute approximate surface area is 146 Å². The van der Waals surface area contributed by atoms with E-state index in [0.717, 1.165) is 23.0 Å². The van der Waals surface area contributed by atoms with Gasteiger partial charge in [0.2, 0.25) is 0 Å². The van der Waals surface area contributed by atoms with Gasteiger partial charge in [0, 0.05) is 18.8 Å². The molecule has 0 unspecified atom stereocenters. The maximum absolute atomic E-state index is 13.3. The Balaban J connectivity index is 1.80. The van der Waals surface area contributed by atoms with E-state index in [9.17, 15) is 9.50 Å². The predicted molar refractivity (Wildman–Crippen MR) is 93.9 cm³/mol. The lowest BCUT2D eigenvalue weighted by molar-refractivity contribution is 0.0565. The smallest absolute Gasteiger partial charge is 0.153 e. The number of imidazole rings is 1. The molecule has 2 aromatic heterocycles. The van der Waals surface area contributed by atoms with Crippen molar-refractivity contribution in [2.24, 2.45) is 0 Å². The summed E-state index contributed by atoms with van der Waals surface area (Å²) in [6, 6.07) is 4.51. The van der Waals surface area contributed by atoms with Crippen LogP contribution in [0.4, 0.5) is 4.39 Å². The minimum Gasteiger partial charge on any atom is -0.389 e. The maximum atomic E-state index is 13.3. The second kappa shape index (κ2) is 6.55. The summed E-state index contributed by atoms with van der Waals surface area (Å²) >= 11 is 0. The number of aromatic amines is 1. The zero-order chi connectivity index (χ0) is 18.2. The fraction of sp³-hybridized carbons (Fsp3) is 0.500. The SMILES string of the molecule is CC(C)c1nc(CCc2nc3ccc(F)cc3[nH]2)n(CC(C)(C)O)n1. The second-order valence-corrected chi connectivity index (χ2v) is 7.36. The van der Waals surface area contributed by atoms with Crippen LogP contribution in [-0.4, -0.2) is 35.4 Å². The Morgan fingerprint density at radius 2 is 2.00 bits per heavy atom. The van der Waals surface area contributed by atoms with E-state index in [-0.39, 0.29) is 11.7 Å². The molecule has 3 rings (SSSR count). The summed E-state index contributed by atoms with van der Waals surface area (Å²) < 4.78 is 15.1. The Kier molecular flexibility index (Phi) is 4.60. The van der Waals surface area contributed by atoms with Crippen LogP contribution in [0.5, 0.6) is 0 Å². The minimum atomic E-state index is -0.867. The van der Waals surface area contributed by atoms with Crippen LogP contribution in [0, 0.1) is 5.82 Å². The lowest BCUT2D eigenvalue weighted by atomic mass is 10.1. The highest BCUT2D eigenvalue weighted by atomic mass is 19.1. The van der Waals surface area contributed by atoms with E-state index >= 15 is 0 Å². The van der Waals surface area contributed by atoms with Gasteiger partial charge in [-0.2, -0.15) is 5.10 Å². The van der Waals surface area contributed by atoms with Gasteiger partial charge in [-0.05, 0) is 32.0 Å². The summed E-state index contributed by atoms with van der Waals surface area (Å²) in [4.78, 5) is 12.2. The monoisotopic (exact) mass is 345 g/mol. The van der Waals surface area contributed by atoms with Crippen LogP contribution >= 0.6 is 0 Å². The van der Waals surface area contributed by atoms with Crippen LogP contribution in [0.25, 0.3) is 11.0 Å². The third-order valence-electron chi connectivity index (χ3n) is 3.90. The molecule has 0 spiro atoms. The number of H-pyrrole nitrogens is 1. The van der Waals surface area contributed by atoms with Gasteiger partial charge in [0.25, 0.3) is 0 Å². The van der Waals surface area contributed by atoms with Crippen molar-refractivity contribution in [3.05, 3.63) is 41.5 Å². The Hall–Kier alpha value is -2.28. The summed E-state index contributed by atoms with van der Waals surface area (Å²) in [5.41, 5.74) is 0.571. The number of aliphatic hydroxyl groups is 1. The highest BCUT2D eigenvalue weighted by Gasteiger charge is 2.20. The average Bonchev–Trinajstić information content (AvgIpc) is 3.06. The first-order chi connectivity index (χ1) is 11.7. The molecule has 6 nitrogen and oxygen atoms in total. The number of aryl methyl sites for hydroxylation is 2. The minimum absolute atomic E-state index is 0.219. The molecule has 134 valence electrons. The molecule has 0 aliphatic rings. The Bertz CT molecular complexity index is 875. The molecule has 25 heavy (non-hydrogen) atoms. The summed E-state index contributed by atoms with van der Waals surface area (Å²) in [5, 5.41) is 14.6. The number of hydrogen-bond donors (Lipinski definition) is 2.